The summed E-state index contributed by atoms with van der Waals surface area (Å²) in [7, 11) is 0. The number of nitrogens with zero attached hydrogens (tertiary/aromatic N) is 5. The molecule has 6 heteroatoms. The van der Waals surface area contributed by atoms with Crippen molar-refractivity contribution in [1.29, 1.82) is 0 Å². The number of hydrogen-bond acceptors (Lipinski definition) is 6. The van der Waals surface area contributed by atoms with E-state index < -0.39 is 0 Å². The van der Waals surface area contributed by atoms with Crippen LogP contribution in [0.5, 0.6) is 0 Å². The van der Waals surface area contributed by atoms with Gasteiger partial charge in [-0.05, 0) is 6.42 Å². The third-order valence-electron chi connectivity index (χ3n) is 3.37. The summed E-state index contributed by atoms with van der Waals surface area (Å²) in [4.78, 5) is 18.7. The van der Waals surface area contributed by atoms with Crippen molar-refractivity contribution < 1.29 is 5.11 Å². The van der Waals surface area contributed by atoms with Crippen molar-refractivity contribution in [3.8, 4) is 0 Å². The topological polar surface area (TPSA) is 75.0 Å². The first kappa shape index (κ1) is 12.0. The van der Waals surface area contributed by atoms with Gasteiger partial charge >= 0.3 is 0 Å². The fourth-order valence-electron chi connectivity index (χ4n) is 2.40. The maximum absolute atomic E-state index is 10.1. The Hall–Kier alpha value is -2.08. The van der Waals surface area contributed by atoms with Crippen LogP contribution in [-0.4, -0.2) is 44.2 Å². The van der Waals surface area contributed by atoms with E-state index in [2.05, 4.69) is 24.8 Å². The number of aliphatic hydroxyl groups is 1. The smallest absolute Gasteiger partial charge is 0.147 e. The molecule has 0 unspecified atom stereocenters. The van der Waals surface area contributed by atoms with Gasteiger partial charge in [0.1, 0.15) is 5.82 Å². The number of β-amino-alcohol motifs (C(OH)–C–C–N with tert-alkyl or cyclic N) is 1. The first-order valence-corrected chi connectivity index (χ1v) is 6.27. The predicted molar refractivity (Wildman–Crippen MR) is 69.5 cm³/mol. The van der Waals surface area contributed by atoms with Crippen LogP contribution in [0.3, 0.4) is 0 Å². The van der Waals surface area contributed by atoms with Gasteiger partial charge in [0.05, 0.1) is 18.0 Å². The highest BCUT2D eigenvalue weighted by atomic mass is 16.3. The first-order valence-electron chi connectivity index (χ1n) is 6.27. The minimum atomic E-state index is -0.371. The third-order valence-corrected chi connectivity index (χ3v) is 3.37. The standard InChI is InChI=1S/C13H15N5O/c19-12-9-18(13-7-15-2-4-17-13)8-10(12)5-11-6-14-1-3-16-11/h1-4,6-7,10,12,19H,5,8-9H2/t10-,12-/m1/s1. The van der Waals surface area contributed by atoms with Gasteiger partial charge in [0.25, 0.3) is 0 Å². The summed E-state index contributed by atoms with van der Waals surface area (Å²) in [6, 6.07) is 0. The fraction of sp³-hybridized carbons (Fsp3) is 0.385. The van der Waals surface area contributed by atoms with Crippen molar-refractivity contribution in [3.05, 3.63) is 42.9 Å². The van der Waals surface area contributed by atoms with Crippen LogP contribution < -0.4 is 4.90 Å². The second-order valence-electron chi connectivity index (χ2n) is 4.70. The molecule has 1 saturated heterocycles. The van der Waals surface area contributed by atoms with Gasteiger partial charge in [0.2, 0.25) is 0 Å². The van der Waals surface area contributed by atoms with Crippen molar-refractivity contribution >= 4 is 5.82 Å². The van der Waals surface area contributed by atoms with Gasteiger partial charge in [-0.3, -0.25) is 15.0 Å². The molecule has 1 fully saturated rings. The molecule has 0 bridgehead atoms. The van der Waals surface area contributed by atoms with E-state index in [9.17, 15) is 5.11 Å². The molecular formula is C13H15N5O. The number of hydrogen-bond donors (Lipinski definition) is 1. The average molecular weight is 257 g/mol. The van der Waals surface area contributed by atoms with Crippen molar-refractivity contribution in [2.75, 3.05) is 18.0 Å². The average Bonchev–Trinajstić information content (AvgIpc) is 2.82. The Morgan fingerprint density at radius 3 is 2.53 bits per heavy atom. The number of aromatic nitrogens is 4. The van der Waals surface area contributed by atoms with Crippen molar-refractivity contribution in [3.63, 3.8) is 0 Å². The van der Waals surface area contributed by atoms with Gasteiger partial charge in [0.15, 0.2) is 0 Å². The second kappa shape index (κ2) is 5.27. The van der Waals surface area contributed by atoms with Crippen LogP contribution in [0, 0.1) is 5.92 Å². The Kier molecular flexibility index (Phi) is 3.33. The van der Waals surface area contributed by atoms with E-state index in [1.54, 1.807) is 37.2 Å². The maximum Gasteiger partial charge on any atom is 0.147 e. The van der Waals surface area contributed by atoms with Crippen LogP contribution in [-0.2, 0) is 6.42 Å². The van der Waals surface area contributed by atoms with Gasteiger partial charge < -0.3 is 10.0 Å². The van der Waals surface area contributed by atoms with E-state index in [0.29, 0.717) is 6.54 Å². The normalized spacial score (nSPS) is 22.7. The highest BCUT2D eigenvalue weighted by Gasteiger charge is 2.32. The summed E-state index contributed by atoms with van der Waals surface area (Å²) in [5, 5.41) is 10.1. The van der Waals surface area contributed by atoms with Gasteiger partial charge in [0, 0.05) is 50.0 Å². The van der Waals surface area contributed by atoms with E-state index in [1.165, 1.54) is 0 Å². The van der Waals surface area contributed by atoms with E-state index in [0.717, 1.165) is 24.5 Å². The second-order valence-corrected chi connectivity index (χ2v) is 4.70. The lowest BCUT2D eigenvalue weighted by Gasteiger charge is -2.15. The third kappa shape index (κ3) is 2.68. The summed E-state index contributed by atoms with van der Waals surface area (Å²) in [5.74, 6) is 0.960. The number of aliphatic hydroxyl groups excluding tert-OH is 1. The molecule has 0 spiro atoms. The summed E-state index contributed by atoms with van der Waals surface area (Å²) < 4.78 is 0. The van der Waals surface area contributed by atoms with Crippen molar-refractivity contribution in [1.82, 2.24) is 19.9 Å². The molecule has 2 aromatic rings. The van der Waals surface area contributed by atoms with E-state index in [-0.39, 0.29) is 12.0 Å². The largest absolute Gasteiger partial charge is 0.391 e. The Morgan fingerprint density at radius 2 is 1.84 bits per heavy atom. The van der Waals surface area contributed by atoms with Crippen molar-refractivity contribution in [2.24, 2.45) is 5.92 Å². The SMILES string of the molecule is O[C@@H]1CN(c2cnccn2)C[C@H]1Cc1cnccn1. The lowest BCUT2D eigenvalue weighted by Crippen LogP contribution is -2.22. The maximum atomic E-state index is 10.1. The van der Waals surface area contributed by atoms with Crippen LogP contribution in [0.15, 0.2) is 37.2 Å². The van der Waals surface area contributed by atoms with Crippen LogP contribution in [0.1, 0.15) is 5.69 Å². The molecule has 19 heavy (non-hydrogen) atoms. The zero-order chi connectivity index (χ0) is 13.1. The fourth-order valence-corrected chi connectivity index (χ4v) is 2.40. The molecule has 2 atom stereocenters. The van der Waals surface area contributed by atoms with E-state index in [4.69, 9.17) is 0 Å². The minimum Gasteiger partial charge on any atom is -0.391 e. The Labute approximate surface area is 111 Å². The van der Waals surface area contributed by atoms with E-state index >= 15 is 0 Å². The molecule has 0 saturated carbocycles. The van der Waals surface area contributed by atoms with Crippen LogP contribution in [0.25, 0.3) is 0 Å². The number of rotatable bonds is 3. The summed E-state index contributed by atoms with van der Waals surface area (Å²) in [6.45, 7) is 1.35. The zero-order valence-electron chi connectivity index (χ0n) is 10.4. The summed E-state index contributed by atoms with van der Waals surface area (Å²) in [6.07, 6.45) is 10.5. The quantitative estimate of drug-likeness (QED) is 0.852. The summed E-state index contributed by atoms with van der Waals surface area (Å²) in [5.41, 5.74) is 0.910. The summed E-state index contributed by atoms with van der Waals surface area (Å²) >= 11 is 0. The van der Waals surface area contributed by atoms with Crippen molar-refractivity contribution in [2.45, 2.75) is 12.5 Å². The van der Waals surface area contributed by atoms with Gasteiger partial charge in [-0.2, -0.15) is 0 Å². The van der Waals surface area contributed by atoms with Crippen LogP contribution >= 0.6 is 0 Å². The molecule has 2 aromatic heterocycles. The molecule has 1 aliphatic heterocycles. The molecule has 1 N–H and O–H groups in total. The zero-order valence-corrected chi connectivity index (χ0v) is 10.4. The molecule has 98 valence electrons. The minimum absolute atomic E-state index is 0.152. The molecule has 6 nitrogen and oxygen atoms in total. The highest BCUT2D eigenvalue weighted by Crippen LogP contribution is 2.24. The van der Waals surface area contributed by atoms with Crippen LogP contribution in [0.2, 0.25) is 0 Å². The molecule has 3 heterocycles. The Bertz CT molecular complexity index is 521. The highest BCUT2D eigenvalue weighted by molar-refractivity contribution is 5.37. The van der Waals surface area contributed by atoms with E-state index in [1.807, 2.05) is 0 Å². The molecule has 0 radical (unpaired) electrons. The van der Waals surface area contributed by atoms with Gasteiger partial charge in [-0.25, -0.2) is 4.98 Å². The molecule has 0 aliphatic carbocycles. The molecule has 1 aliphatic rings. The van der Waals surface area contributed by atoms with Gasteiger partial charge in [-0.15, -0.1) is 0 Å². The molecule has 3 rings (SSSR count). The Balaban J connectivity index is 1.69. The first-order chi connectivity index (χ1) is 9.33. The molecule has 0 amide bonds. The predicted octanol–water partition coefficient (Wildman–Crippen LogP) is 0.306. The van der Waals surface area contributed by atoms with Gasteiger partial charge in [-0.1, -0.05) is 0 Å². The molecule has 0 aromatic carbocycles. The lowest BCUT2D eigenvalue weighted by molar-refractivity contribution is 0.147. The monoisotopic (exact) mass is 257 g/mol. The van der Waals surface area contributed by atoms with Crippen LogP contribution in [0.4, 0.5) is 5.82 Å². The Morgan fingerprint density at radius 1 is 1.05 bits per heavy atom. The lowest BCUT2D eigenvalue weighted by atomic mass is 10.0. The number of anilines is 1. The molecular weight excluding hydrogens is 242 g/mol.